The molecule has 130 valence electrons. The minimum Gasteiger partial charge on any atom is -0.379 e. The predicted molar refractivity (Wildman–Crippen MR) is 87.0 cm³/mol. The zero-order chi connectivity index (χ0) is 16.9. The van der Waals surface area contributed by atoms with Gasteiger partial charge >= 0.3 is 0 Å². The molecule has 1 atom stereocenters. The number of nitrogens with one attached hydrogen (secondary N) is 1. The molecule has 0 aliphatic carbocycles. The van der Waals surface area contributed by atoms with E-state index in [1.807, 2.05) is 0 Å². The number of morpholine rings is 1. The molecule has 0 aromatic heterocycles. The summed E-state index contributed by atoms with van der Waals surface area (Å²) in [6.45, 7) is 4.99. The summed E-state index contributed by atoms with van der Waals surface area (Å²) in [5.41, 5.74) is 0.154. The number of likely N-dealkylation sites (tertiary alicyclic amines) is 1. The number of anilines is 1. The first-order chi connectivity index (χ1) is 11.6. The van der Waals surface area contributed by atoms with E-state index in [0.29, 0.717) is 13.1 Å². The van der Waals surface area contributed by atoms with Crippen LogP contribution in [0.15, 0.2) is 24.3 Å². The van der Waals surface area contributed by atoms with Crippen LogP contribution in [0.5, 0.6) is 0 Å². The molecule has 24 heavy (non-hydrogen) atoms. The molecule has 0 bridgehead atoms. The van der Waals surface area contributed by atoms with Crippen LogP contribution in [0.2, 0.25) is 0 Å². The highest BCUT2D eigenvalue weighted by atomic mass is 19.1. The van der Waals surface area contributed by atoms with Crippen LogP contribution in [0.1, 0.15) is 6.42 Å². The van der Waals surface area contributed by atoms with Crippen molar-refractivity contribution < 1.29 is 18.7 Å². The third-order valence-corrected chi connectivity index (χ3v) is 4.51. The van der Waals surface area contributed by atoms with Crippen LogP contribution < -0.4 is 5.32 Å². The van der Waals surface area contributed by atoms with Gasteiger partial charge in [0.25, 0.3) is 0 Å². The maximum Gasteiger partial charge on any atom is 0.229 e. The Morgan fingerprint density at radius 3 is 2.75 bits per heavy atom. The lowest BCUT2D eigenvalue weighted by Gasteiger charge is -2.28. The number of halogens is 1. The Balaban J connectivity index is 1.50. The molecule has 0 radical (unpaired) electrons. The Kier molecular flexibility index (Phi) is 5.42. The number of hydrogen-bond donors (Lipinski definition) is 1. The van der Waals surface area contributed by atoms with Gasteiger partial charge in [-0.25, -0.2) is 4.39 Å². The van der Waals surface area contributed by atoms with Crippen molar-refractivity contribution in [3.05, 3.63) is 30.1 Å². The van der Waals surface area contributed by atoms with Crippen LogP contribution in [0.4, 0.5) is 10.1 Å². The van der Waals surface area contributed by atoms with E-state index < -0.39 is 11.7 Å². The average Bonchev–Trinajstić information content (AvgIpc) is 2.97. The number of rotatable bonds is 5. The van der Waals surface area contributed by atoms with Crippen LogP contribution in [0.25, 0.3) is 0 Å². The van der Waals surface area contributed by atoms with Crippen molar-refractivity contribution in [2.75, 3.05) is 51.3 Å². The van der Waals surface area contributed by atoms with Gasteiger partial charge in [0, 0.05) is 39.1 Å². The SMILES string of the molecule is O=C(Nc1ccccc1F)C1CC(=O)N(CCN2CCOCC2)C1. The Labute approximate surface area is 140 Å². The zero-order valence-electron chi connectivity index (χ0n) is 13.5. The fourth-order valence-corrected chi connectivity index (χ4v) is 3.05. The Bertz CT molecular complexity index is 604. The lowest BCUT2D eigenvalue weighted by Crippen LogP contribution is -2.42. The first-order valence-electron chi connectivity index (χ1n) is 8.27. The maximum absolute atomic E-state index is 13.6. The van der Waals surface area contributed by atoms with Gasteiger partial charge in [-0.1, -0.05) is 12.1 Å². The van der Waals surface area contributed by atoms with Crippen LogP contribution in [-0.2, 0) is 14.3 Å². The second-order valence-corrected chi connectivity index (χ2v) is 6.16. The monoisotopic (exact) mass is 335 g/mol. The summed E-state index contributed by atoms with van der Waals surface area (Å²) in [5, 5.41) is 2.58. The molecule has 2 aliphatic heterocycles. The number of para-hydroxylation sites is 1. The zero-order valence-corrected chi connectivity index (χ0v) is 13.5. The maximum atomic E-state index is 13.6. The van der Waals surface area contributed by atoms with E-state index in [2.05, 4.69) is 10.2 Å². The molecular formula is C17H22FN3O3. The molecule has 0 saturated carbocycles. The first-order valence-corrected chi connectivity index (χ1v) is 8.27. The van der Waals surface area contributed by atoms with Gasteiger partial charge in [-0.2, -0.15) is 0 Å². The molecule has 1 N–H and O–H groups in total. The highest BCUT2D eigenvalue weighted by Gasteiger charge is 2.34. The number of hydrogen-bond acceptors (Lipinski definition) is 4. The van der Waals surface area contributed by atoms with Gasteiger partial charge in [0.15, 0.2) is 0 Å². The first kappa shape index (κ1) is 16.9. The topological polar surface area (TPSA) is 61.9 Å². The summed E-state index contributed by atoms with van der Waals surface area (Å²) < 4.78 is 18.9. The largest absolute Gasteiger partial charge is 0.379 e. The smallest absolute Gasteiger partial charge is 0.229 e. The van der Waals surface area contributed by atoms with Gasteiger partial charge in [0.1, 0.15) is 5.82 Å². The molecular weight excluding hydrogens is 313 g/mol. The minimum absolute atomic E-state index is 0.0167. The number of benzene rings is 1. The van der Waals surface area contributed by atoms with E-state index in [1.54, 1.807) is 17.0 Å². The molecule has 2 saturated heterocycles. The highest BCUT2D eigenvalue weighted by molar-refractivity contribution is 5.97. The molecule has 2 aliphatic rings. The number of ether oxygens (including phenoxy) is 1. The lowest BCUT2D eigenvalue weighted by molar-refractivity contribution is -0.128. The third-order valence-electron chi connectivity index (χ3n) is 4.51. The summed E-state index contributed by atoms with van der Waals surface area (Å²) in [4.78, 5) is 28.4. The lowest BCUT2D eigenvalue weighted by atomic mass is 10.1. The van der Waals surface area contributed by atoms with Gasteiger partial charge in [-0.05, 0) is 12.1 Å². The standard InChI is InChI=1S/C17H22FN3O3/c18-14-3-1-2-4-15(14)19-17(23)13-11-16(22)21(12-13)6-5-20-7-9-24-10-8-20/h1-4,13H,5-12H2,(H,19,23). The fraction of sp³-hybridized carbons (Fsp3) is 0.529. The normalized spacial score (nSPS) is 22.0. The fourth-order valence-electron chi connectivity index (χ4n) is 3.05. The summed E-state index contributed by atoms with van der Waals surface area (Å²) in [5.74, 6) is -1.22. The van der Waals surface area contributed by atoms with Crippen molar-refractivity contribution in [1.82, 2.24) is 9.80 Å². The van der Waals surface area contributed by atoms with E-state index in [1.165, 1.54) is 12.1 Å². The van der Waals surface area contributed by atoms with Crippen LogP contribution in [0.3, 0.4) is 0 Å². The van der Waals surface area contributed by atoms with E-state index in [-0.39, 0.29) is 23.9 Å². The van der Waals surface area contributed by atoms with E-state index in [4.69, 9.17) is 4.74 Å². The van der Waals surface area contributed by atoms with Crippen molar-refractivity contribution in [3.8, 4) is 0 Å². The van der Waals surface area contributed by atoms with Gasteiger partial charge in [-0.3, -0.25) is 14.5 Å². The van der Waals surface area contributed by atoms with Crippen molar-refractivity contribution in [3.63, 3.8) is 0 Å². The van der Waals surface area contributed by atoms with Crippen molar-refractivity contribution >= 4 is 17.5 Å². The van der Waals surface area contributed by atoms with Crippen molar-refractivity contribution in [2.45, 2.75) is 6.42 Å². The van der Waals surface area contributed by atoms with Gasteiger partial charge < -0.3 is 15.0 Å². The molecule has 1 unspecified atom stereocenters. The van der Waals surface area contributed by atoms with E-state index in [9.17, 15) is 14.0 Å². The Morgan fingerprint density at radius 1 is 1.25 bits per heavy atom. The minimum atomic E-state index is -0.473. The number of carbonyl (C=O) groups is 2. The molecule has 6 nitrogen and oxygen atoms in total. The predicted octanol–water partition coefficient (Wildman–Crippen LogP) is 0.945. The summed E-state index contributed by atoms with van der Waals surface area (Å²) >= 11 is 0. The van der Waals surface area contributed by atoms with Crippen LogP contribution in [0, 0.1) is 11.7 Å². The Hall–Kier alpha value is -1.99. The third kappa shape index (κ3) is 4.10. The Morgan fingerprint density at radius 2 is 2.00 bits per heavy atom. The summed E-state index contributed by atoms with van der Waals surface area (Å²) in [6.07, 6.45) is 0.184. The molecule has 0 spiro atoms. The molecule has 1 aromatic carbocycles. The van der Waals surface area contributed by atoms with Crippen molar-refractivity contribution in [1.29, 1.82) is 0 Å². The van der Waals surface area contributed by atoms with Crippen LogP contribution in [-0.4, -0.2) is 67.6 Å². The van der Waals surface area contributed by atoms with Gasteiger partial charge in [0.05, 0.1) is 24.8 Å². The van der Waals surface area contributed by atoms with Crippen molar-refractivity contribution in [2.24, 2.45) is 5.92 Å². The molecule has 2 heterocycles. The quantitative estimate of drug-likeness (QED) is 0.870. The van der Waals surface area contributed by atoms with Crippen LogP contribution >= 0.6 is 0 Å². The van der Waals surface area contributed by atoms with E-state index >= 15 is 0 Å². The second kappa shape index (κ2) is 7.72. The highest BCUT2D eigenvalue weighted by Crippen LogP contribution is 2.21. The molecule has 7 heteroatoms. The second-order valence-electron chi connectivity index (χ2n) is 6.16. The molecule has 2 amide bonds. The number of amides is 2. The van der Waals surface area contributed by atoms with Gasteiger partial charge in [-0.15, -0.1) is 0 Å². The number of nitrogens with zero attached hydrogens (tertiary/aromatic N) is 2. The summed E-state index contributed by atoms with van der Waals surface area (Å²) in [7, 11) is 0. The molecule has 1 aromatic rings. The molecule has 3 rings (SSSR count). The van der Waals surface area contributed by atoms with Gasteiger partial charge in [0.2, 0.25) is 11.8 Å². The summed E-state index contributed by atoms with van der Waals surface area (Å²) in [6, 6.07) is 6.04. The number of carbonyl (C=O) groups excluding carboxylic acids is 2. The molecule has 2 fully saturated rings. The van der Waals surface area contributed by atoms with E-state index in [0.717, 1.165) is 32.8 Å². The average molecular weight is 335 g/mol.